The van der Waals surface area contributed by atoms with E-state index in [2.05, 4.69) is 0 Å². The fourth-order valence-electron chi connectivity index (χ4n) is 5.22. The number of rotatable bonds is 5. The summed E-state index contributed by atoms with van der Waals surface area (Å²) in [5.41, 5.74) is 7.56. The maximum absolute atomic E-state index is 14.2. The summed E-state index contributed by atoms with van der Waals surface area (Å²) >= 11 is 0. The van der Waals surface area contributed by atoms with Crippen LogP contribution in [0.25, 0.3) is 33.5 Å². The van der Waals surface area contributed by atoms with Crippen molar-refractivity contribution in [3.8, 4) is 11.4 Å². The number of benzene rings is 3. The Bertz CT molecular complexity index is 1700. The molecule has 6 nitrogen and oxygen atoms in total. The molecule has 0 saturated heterocycles. The molecule has 5 aromatic rings. The van der Waals surface area contributed by atoms with Gasteiger partial charge in [-0.05, 0) is 75.1 Å². The minimum absolute atomic E-state index is 0.352. The molecule has 0 bridgehead atoms. The first kappa shape index (κ1) is 23.3. The normalized spacial score (nSPS) is 12.2. The number of aryl methyl sites for hydroxylation is 6. The summed E-state index contributed by atoms with van der Waals surface area (Å²) in [5.74, 6) is 1.35. The molecule has 5 rings (SSSR count). The third-order valence-corrected chi connectivity index (χ3v) is 8.64. The lowest BCUT2D eigenvalue weighted by atomic mass is 10.1. The quantitative estimate of drug-likeness (QED) is 0.305. The van der Waals surface area contributed by atoms with Gasteiger partial charge in [-0.2, -0.15) is 0 Å². The van der Waals surface area contributed by atoms with Crippen LogP contribution in [0.4, 0.5) is 0 Å². The minimum atomic E-state index is -3.88. The van der Waals surface area contributed by atoms with E-state index in [0.29, 0.717) is 28.2 Å². The lowest BCUT2D eigenvalue weighted by Crippen LogP contribution is -2.18. The highest BCUT2D eigenvalue weighted by Gasteiger charge is 2.28. The SMILES string of the molecule is CCCc1nc2c(C)cc(-c3nc4ccccc4n3C)cc2n1S(=O)(=O)c1c(C)cc(C)cc1C. The second-order valence-corrected chi connectivity index (χ2v) is 11.1. The first-order valence-corrected chi connectivity index (χ1v) is 13.3. The third kappa shape index (κ3) is 3.65. The van der Waals surface area contributed by atoms with Crippen LogP contribution in [0, 0.1) is 27.7 Å². The number of fused-ring (bicyclic) bond motifs is 2. The molecule has 2 heterocycles. The Balaban J connectivity index is 1.83. The maximum Gasteiger partial charge on any atom is 0.270 e. The van der Waals surface area contributed by atoms with Gasteiger partial charge in [0.25, 0.3) is 10.0 Å². The van der Waals surface area contributed by atoms with Gasteiger partial charge < -0.3 is 4.57 Å². The molecule has 0 amide bonds. The Hall–Kier alpha value is -3.45. The molecule has 7 heteroatoms. The summed E-state index contributed by atoms with van der Waals surface area (Å²) in [4.78, 5) is 10.0. The van der Waals surface area contributed by atoms with E-state index >= 15 is 0 Å². The Labute approximate surface area is 206 Å². The largest absolute Gasteiger partial charge is 0.327 e. The van der Waals surface area contributed by atoms with Crippen LogP contribution in [0.1, 0.15) is 41.4 Å². The van der Waals surface area contributed by atoms with E-state index in [4.69, 9.17) is 9.97 Å². The molecular weight excluding hydrogens is 456 g/mol. The second-order valence-electron chi connectivity index (χ2n) is 9.42. The van der Waals surface area contributed by atoms with Gasteiger partial charge in [0, 0.05) is 19.0 Å². The van der Waals surface area contributed by atoms with E-state index in [1.807, 2.05) is 94.8 Å². The molecule has 0 atom stereocenters. The van der Waals surface area contributed by atoms with Gasteiger partial charge in [-0.25, -0.2) is 22.4 Å². The van der Waals surface area contributed by atoms with Gasteiger partial charge in [-0.15, -0.1) is 0 Å². The lowest BCUT2D eigenvalue weighted by Gasteiger charge is -2.16. The molecular formula is C28H30N4O2S. The summed E-state index contributed by atoms with van der Waals surface area (Å²) in [7, 11) is -1.89. The molecule has 180 valence electrons. The van der Waals surface area contributed by atoms with Crippen molar-refractivity contribution in [1.29, 1.82) is 0 Å². The Morgan fingerprint density at radius 1 is 0.857 bits per heavy atom. The van der Waals surface area contributed by atoms with Crippen molar-refractivity contribution >= 4 is 32.1 Å². The number of hydrogen-bond acceptors (Lipinski definition) is 4. The smallest absolute Gasteiger partial charge is 0.270 e. The van der Waals surface area contributed by atoms with Crippen molar-refractivity contribution in [2.75, 3.05) is 0 Å². The fourth-order valence-corrected chi connectivity index (χ4v) is 7.14. The van der Waals surface area contributed by atoms with Gasteiger partial charge in [0.1, 0.15) is 11.6 Å². The van der Waals surface area contributed by atoms with E-state index in [-0.39, 0.29) is 0 Å². The van der Waals surface area contributed by atoms with Gasteiger partial charge in [-0.1, -0.05) is 36.8 Å². The monoisotopic (exact) mass is 486 g/mol. The van der Waals surface area contributed by atoms with Crippen LogP contribution in [-0.4, -0.2) is 26.9 Å². The highest BCUT2D eigenvalue weighted by molar-refractivity contribution is 7.90. The van der Waals surface area contributed by atoms with Gasteiger partial charge in [0.15, 0.2) is 0 Å². The standard InChI is InChI=1S/C28H30N4O2S/c1-7-10-25-30-26-18(3)15-21(28-29-22-11-8-9-12-23(22)31(28)6)16-24(26)32(25)35(33,34)27-19(4)13-17(2)14-20(27)5/h8-9,11-16H,7,10H2,1-6H3. The number of para-hydroxylation sites is 2. The highest BCUT2D eigenvalue weighted by atomic mass is 32.2. The summed E-state index contributed by atoms with van der Waals surface area (Å²) in [6, 6.07) is 15.8. The number of nitrogens with zero attached hydrogens (tertiary/aromatic N) is 4. The van der Waals surface area contributed by atoms with Crippen molar-refractivity contribution in [2.24, 2.45) is 7.05 Å². The first-order chi connectivity index (χ1) is 16.6. The number of hydrogen-bond donors (Lipinski definition) is 0. The molecule has 0 aliphatic heterocycles. The van der Waals surface area contributed by atoms with Crippen LogP contribution in [0.3, 0.4) is 0 Å². The van der Waals surface area contributed by atoms with E-state index in [1.165, 1.54) is 3.97 Å². The molecule has 0 spiro atoms. The summed E-state index contributed by atoms with van der Waals surface area (Å²) < 4.78 is 32.0. The third-order valence-electron chi connectivity index (χ3n) is 6.60. The molecule has 0 unspecified atom stereocenters. The zero-order valence-electron chi connectivity index (χ0n) is 21.0. The molecule has 0 saturated carbocycles. The van der Waals surface area contributed by atoms with Crippen molar-refractivity contribution in [3.05, 3.63) is 76.6 Å². The van der Waals surface area contributed by atoms with E-state index in [0.717, 1.165) is 51.1 Å². The van der Waals surface area contributed by atoms with Crippen LogP contribution >= 0.6 is 0 Å². The maximum atomic E-state index is 14.2. The summed E-state index contributed by atoms with van der Waals surface area (Å²) in [6.07, 6.45) is 1.36. The predicted octanol–water partition coefficient (Wildman–Crippen LogP) is 6.01. The zero-order valence-corrected chi connectivity index (χ0v) is 21.9. The molecule has 0 fully saturated rings. The van der Waals surface area contributed by atoms with Gasteiger partial charge in [0.05, 0.1) is 27.0 Å². The van der Waals surface area contributed by atoms with Gasteiger partial charge >= 0.3 is 0 Å². The molecule has 3 aromatic carbocycles. The molecule has 0 radical (unpaired) electrons. The summed E-state index contributed by atoms with van der Waals surface area (Å²) in [5, 5.41) is 0. The Kier molecular flexibility index (Phi) is 5.55. The molecule has 0 aliphatic carbocycles. The van der Waals surface area contributed by atoms with Crippen molar-refractivity contribution in [1.82, 2.24) is 18.5 Å². The van der Waals surface area contributed by atoms with Crippen LogP contribution in [0.15, 0.2) is 53.4 Å². The summed E-state index contributed by atoms with van der Waals surface area (Å²) in [6.45, 7) is 9.73. The van der Waals surface area contributed by atoms with E-state index < -0.39 is 10.0 Å². The highest BCUT2D eigenvalue weighted by Crippen LogP contribution is 2.33. The van der Waals surface area contributed by atoms with Crippen LogP contribution in [-0.2, 0) is 23.5 Å². The fraction of sp³-hybridized carbons (Fsp3) is 0.286. The Morgan fingerprint density at radius 3 is 2.20 bits per heavy atom. The van der Waals surface area contributed by atoms with Gasteiger partial charge in [0.2, 0.25) is 0 Å². The van der Waals surface area contributed by atoms with Crippen molar-refractivity contribution < 1.29 is 8.42 Å². The topological polar surface area (TPSA) is 69.8 Å². The predicted molar refractivity (Wildman–Crippen MR) is 141 cm³/mol. The zero-order chi connectivity index (χ0) is 25.1. The van der Waals surface area contributed by atoms with E-state index in [9.17, 15) is 8.42 Å². The van der Waals surface area contributed by atoms with Gasteiger partial charge in [-0.3, -0.25) is 0 Å². The molecule has 35 heavy (non-hydrogen) atoms. The average Bonchev–Trinajstić information content (AvgIpc) is 3.32. The number of imidazole rings is 2. The van der Waals surface area contributed by atoms with Crippen molar-refractivity contribution in [3.63, 3.8) is 0 Å². The van der Waals surface area contributed by atoms with Crippen LogP contribution < -0.4 is 0 Å². The molecule has 0 aliphatic rings. The van der Waals surface area contributed by atoms with Crippen molar-refractivity contribution in [2.45, 2.75) is 52.4 Å². The first-order valence-electron chi connectivity index (χ1n) is 11.9. The average molecular weight is 487 g/mol. The van der Waals surface area contributed by atoms with Crippen LogP contribution in [0.5, 0.6) is 0 Å². The van der Waals surface area contributed by atoms with E-state index in [1.54, 1.807) is 0 Å². The van der Waals surface area contributed by atoms with Crippen LogP contribution in [0.2, 0.25) is 0 Å². The Morgan fingerprint density at radius 2 is 1.54 bits per heavy atom. The molecule has 2 aromatic heterocycles. The lowest BCUT2D eigenvalue weighted by molar-refractivity contribution is 0.584. The second kappa shape index (κ2) is 8.34. The minimum Gasteiger partial charge on any atom is -0.327 e. The molecule has 0 N–H and O–H groups in total. The number of aromatic nitrogens is 4.